The Kier molecular flexibility index (Phi) is 6.49. The maximum atomic E-state index is 11.9. The number of H-pyrrole nitrogens is 1. The van der Waals surface area contributed by atoms with Gasteiger partial charge in [-0.2, -0.15) is 0 Å². The molecule has 0 spiro atoms. The predicted octanol–water partition coefficient (Wildman–Crippen LogP) is 3.28. The van der Waals surface area contributed by atoms with E-state index in [1.807, 2.05) is 13.0 Å². The Balaban J connectivity index is 1.82. The molecule has 1 aromatic heterocycles. The number of thioether (sulfide) groups is 2. The smallest absolute Gasteiger partial charge is 0.234 e. The van der Waals surface area contributed by atoms with Crippen molar-refractivity contribution in [2.45, 2.75) is 24.8 Å². The fraction of sp³-hybridized carbons (Fsp3) is 0.286. The third-order valence-corrected chi connectivity index (χ3v) is 4.79. The van der Waals surface area contributed by atoms with Crippen LogP contribution >= 0.6 is 35.1 Å². The number of aryl methyl sites for hydroxylation is 1. The number of hydrogen-bond acceptors (Lipinski definition) is 6. The molecule has 0 aliphatic heterocycles. The molecular weight excluding hydrogens is 356 g/mol. The summed E-state index contributed by atoms with van der Waals surface area (Å²) in [7, 11) is 0. The normalized spacial score (nSPS) is 10.6. The molecule has 0 aliphatic carbocycles. The molecule has 0 unspecified atom stereocenters. The summed E-state index contributed by atoms with van der Waals surface area (Å²) in [4.78, 5) is 27.0. The third-order valence-electron chi connectivity index (χ3n) is 2.71. The molecule has 0 radical (unpaired) electrons. The summed E-state index contributed by atoms with van der Waals surface area (Å²) in [5.41, 5.74) is 1.61. The van der Waals surface area contributed by atoms with Crippen LogP contribution in [0, 0.1) is 6.92 Å². The first kappa shape index (κ1) is 17.8. The highest BCUT2D eigenvalue weighted by Crippen LogP contribution is 2.21. The largest absolute Gasteiger partial charge is 0.325 e. The third kappa shape index (κ3) is 5.89. The van der Waals surface area contributed by atoms with Gasteiger partial charge in [0.25, 0.3) is 0 Å². The Morgan fingerprint density at radius 2 is 2.17 bits per heavy atom. The summed E-state index contributed by atoms with van der Waals surface area (Å²) in [5, 5.41) is 10.6. The summed E-state index contributed by atoms with van der Waals surface area (Å²) >= 11 is 8.39. The molecule has 0 saturated carbocycles. The van der Waals surface area contributed by atoms with Crippen molar-refractivity contribution in [1.29, 1.82) is 0 Å². The SMILES string of the molecule is CC(=O)SCc1nc(SCC(=O)Nc2ccc(C)c(Cl)c2)n[nH]1. The van der Waals surface area contributed by atoms with Crippen molar-refractivity contribution >= 4 is 51.8 Å². The maximum Gasteiger partial charge on any atom is 0.234 e. The molecule has 0 saturated heterocycles. The fourth-order valence-corrected chi connectivity index (χ4v) is 2.84. The molecule has 6 nitrogen and oxygen atoms in total. The second kappa shape index (κ2) is 8.37. The lowest BCUT2D eigenvalue weighted by Gasteiger charge is -2.05. The van der Waals surface area contributed by atoms with Crippen LogP contribution in [0.1, 0.15) is 18.3 Å². The summed E-state index contributed by atoms with van der Waals surface area (Å²) in [5.74, 6) is 1.07. The van der Waals surface area contributed by atoms with E-state index in [0.29, 0.717) is 27.4 Å². The average Bonchev–Trinajstić information content (AvgIpc) is 2.95. The van der Waals surface area contributed by atoms with Crippen molar-refractivity contribution in [2.24, 2.45) is 0 Å². The van der Waals surface area contributed by atoms with Crippen molar-refractivity contribution in [1.82, 2.24) is 15.2 Å². The van der Waals surface area contributed by atoms with E-state index in [4.69, 9.17) is 11.6 Å². The molecule has 1 amide bonds. The zero-order valence-electron chi connectivity index (χ0n) is 12.6. The Morgan fingerprint density at radius 1 is 1.39 bits per heavy atom. The van der Waals surface area contributed by atoms with Gasteiger partial charge >= 0.3 is 0 Å². The number of halogens is 1. The van der Waals surface area contributed by atoms with Gasteiger partial charge in [0.2, 0.25) is 11.1 Å². The van der Waals surface area contributed by atoms with Gasteiger partial charge in [-0.15, -0.1) is 5.10 Å². The number of carbonyl (C=O) groups is 2. The second-order valence-electron chi connectivity index (χ2n) is 4.65. The molecule has 0 atom stereocenters. The van der Waals surface area contributed by atoms with E-state index in [1.165, 1.54) is 18.7 Å². The number of benzene rings is 1. The van der Waals surface area contributed by atoms with Gasteiger partial charge in [-0.3, -0.25) is 14.7 Å². The van der Waals surface area contributed by atoms with Gasteiger partial charge in [0, 0.05) is 17.6 Å². The van der Waals surface area contributed by atoms with E-state index in [2.05, 4.69) is 20.5 Å². The van der Waals surface area contributed by atoms with Crippen molar-refractivity contribution in [2.75, 3.05) is 11.1 Å². The van der Waals surface area contributed by atoms with Crippen LogP contribution in [-0.2, 0) is 15.3 Å². The van der Waals surface area contributed by atoms with Gasteiger partial charge in [-0.25, -0.2) is 4.98 Å². The predicted molar refractivity (Wildman–Crippen MR) is 93.9 cm³/mol. The monoisotopic (exact) mass is 370 g/mol. The number of aromatic amines is 1. The average molecular weight is 371 g/mol. The molecule has 1 aromatic carbocycles. The minimum Gasteiger partial charge on any atom is -0.325 e. The van der Waals surface area contributed by atoms with Gasteiger partial charge in [0.05, 0.1) is 11.5 Å². The second-order valence-corrected chi connectivity index (χ2v) is 7.15. The fourth-order valence-electron chi connectivity index (χ4n) is 1.57. The summed E-state index contributed by atoms with van der Waals surface area (Å²) in [6.45, 7) is 3.40. The quantitative estimate of drug-likeness (QED) is 0.759. The molecule has 0 aliphatic rings. The molecule has 9 heteroatoms. The summed E-state index contributed by atoms with van der Waals surface area (Å²) < 4.78 is 0. The number of carbonyl (C=O) groups excluding carboxylic acids is 2. The van der Waals surface area contributed by atoms with E-state index >= 15 is 0 Å². The number of rotatable bonds is 6. The van der Waals surface area contributed by atoms with Gasteiger partial charge in [-0.1, -0.05) is 41.2 Å². The zero-order valence-corrected chi connectivity index (χ0v) is 14.9. The van der Waals surface area contributed by atoms with E-state index in [-0.39, 0.29) is 16.8 Å². The Bertz CT molecular complexity index is 721. The lowest BCUT2D eigenvalue weighted by Crippen LogP contribution is -2.14. The molecule has 23 heavy (non-hydrogen) atoms. The van der Waals surface area contributed by atoms with E-state index < -0.39 is 0 Å². The lowest BCUT2D eigenvalue weighted by atomic mass is 10.2. The van der Waals surface area contributed by atoms with Crippen molar-refractivity contribution in [3.05, 3.63) is 34.6 Å². The van der Waals surface area contributed by atoms with Crippen LogP contribution in [0.2, 0.25) is 5.02 Å². The van der Waals surface area contributed by atoms with Crippen LogP contribution < -0.4 is 5.32 Å². The van der Waals surface area contributed by atoms with Crippen molar-refractivity contribution in [3.8, 4) is 0 Å². The number of aromatic nitrogens is 3. The van der Waals surface area contributed by atoms with Gasteiger partial charge in [0.1, 0.15) is 5.82 Å². The number of amides is 1. The first-order valence-electron chi connectivity index (χ1n) is 6.67. The maximum absolute atomic E-state index is 11.9. The van der Waals surface area contributed by atoms with Crippen LogP contribution in [0.5, 0.6) is 0 Å². The molecule has 0 fully saturated rings. The Morgan fingerprint density at radius 3 is 2.87 bits per heavy atom. The van der Waals surface area contributed by atoms with E-state index in [1.54, 1.807) is 12.1 Å². The number of hydrogen-bond donors (Lipinski definition) is 2. The van der Waals surface area contributed by atoms with Crippen LogP contribution in [0.3, 0.4) is 0 Å². The highest BCUT2D eigenvalue weighted by molar-refractivity contribution is 8.12. The van der Waals surface area contributed by atoms with Crippen molar-refractivity contribution < 1.29 is 9.59 Å². The summed E-state index contributed by atoms with van der Waals surface area (Å²) in [6.07, 6.45) is 0. The zero-order chi connectivity index (χ0) is 16.8. The molecule has 122 valence electrons. The molecule has 1 heterocycles. The molecule has 2 rings (SSSR count). The van der Waals surface area contributed by atoms with Gasteiger partial charge in [-0.05, 0) is 24.6 Å². The lowest BCUT2D eigenvalue weighted by molar-refractivity contribution is -0.114. The molecule has 2 aromatic rings. The Hall–Kier alpha value is -1.51. The highest BCUT2D eigenvalue weighted by Gasteiger charge is 2.09. The van der Waals surface area contributed by atoms with Crippen LogP contribution in [-0.4, -0.2) is 32.0 Å². The standard InChI is InChI=1S/C14H15ClN4O2S2/c1-8-3-4-10(5-11(8)15)16-13(21)7-23-14-17-12(18-19-14)6-22-9(2)20/h3-5H,6-7H2,1-2H3,(H,16,21)(H,17,18,19). The number of nitrogens with zero attached hydrogens (tertiary/aromatic N) is 2. The van der Waals surface area contributed by atoms with Crippen LogP contribution in [0.4, 0.5) is 5.69 Å². The van der Waals surface area contributed by atoms with Crippen LogP contribution in [0.15, 0.2) is 23.4 Å². The van der Waals surface area contributed by atoms with Gasteiger partial charge in [0.15, 0.2) is 5.12 Å². The minimum absolute atomic E-state index is 0.0201. The van der Waals surface area contributed by atoms with Gasteiger partial charge < -0.3 is 5.32 Å². The summed E-state index contributed by atoms with van der Waals surface area (Å²) in [6, 6.07) is 5.36. The number of anilines is 1. The molecule has 0 bridgehead atoms. The first-order valence-corrected chi connectivity index (χ1v) is 9.02. The van der Waals surface area contributed by atoms with Crippen LogP contribution in [0.25, 0.3) is 0 Å². The van der Waals surface area contributed by atoms with E-state index in [9.17, 15) is 9.59 Å². The number of nitrogens with one attached hydrogen (secondary N) is 2. The topological polar surface area (TPSA) is 87.7 Å². The molecular formula is C14H15ClN4O2S2. The first-order chi connectivity index (χ1) is 10.9. The Labute approximate surface area is 147 Å². The van der Waals surface area contributed by atoms with Crippen molar-refractivity contribution in [3.63, 3.8) is 0 Å². The van der Waals surface area contributed by atoms with E-state index in [0.717, 1.165) is 17.3 Å². The highest BCUT2D eigenvalue weighted by atomic mass is 35.5. The minimum atomic E-state index is -0.167. The molecule has 2 N–H and O–H groups in total.